The molecule has 0 N–H and O–H groups in total. The van der Waals surface area contributed by atoms with E-state index in [0.29, 0.717) is 10.5 Å². The smallest absolute Gasteiger partial charge is 0.402 e. The lowest BCUT2D eigenvalue weighted by atomic mass is 10.1. The van der Waals surface area contributed by atoms with Gasteiger partial charge in [-0.25, -0.2) is 0 Å². The van der Waals surface area contributed by atoms with Crippen molar-refractivity contribution in [3.63, 3.8) is 0 Å². The molecule has 31 heavy (non-hydrogen) atoms. The Morgan fingerprint density at radius 2 is 1.10 bits per heavy atom. The van der Waals surface area contributed by atoms with Crippen LogP contribution in [0.3, 0.4) is 0 Å². The summed E-state index contributed by atoms with van der Waals surface area (Å²) in [6.07, 6.45) is -10.4. The molecule has 0 saturated heterocycles. The largest absolute Gasteiger partial charge is 0.573 e. The standard InChI is InChI=1S/C22H17F6O2S/c1-14-15(2)20(30-22(26,27)28)18(29-21(23,24)25)13-19(14)31(16-9-5-3-6-10-16)17-11-7-4-8-12-17/h3-13H,1-2H3/q+1. The van der Waals surface area contributed by atoms with Gasteiger partial charge in [0.25, 0.3) is 0 Å². The average molecular weight is 459 g/mol. The lowest BCUT2D eigenvalue weighted by Crippen LogP contribution is -2.23. The maximum Gasteiger partial charge on any atom is 0.573 e. The summed E-state index contributed by atoms with van der Waals surface area (Å²) in [5.41, 5.74) is 0.295. The van der Waals surface area contributed by atoms with Crippen molar-refractivity contribution >= 4 is 10.9 Å². The van der Waals surface area contributed by atoms with Crippen LogP contribution in [0.15, 0.2) is 81.4 Å². The minimum Gasteiger partial charge on any atom is -0.402 e. The fourth-order valence-corrected chi connectivity index (χ4v) is 5.31. The summed E-state index contributed by atoms with van der Waals surface area (Å²) < 4.78 is 85.6. The van der Waals surface area contributed by atoms with Gasteiger partial charge in [0.05, 0.1) is 10.9 Å². The third-order valence-electron chi connectivity index (χ3n) is 4.38. The van der Waals surface area contributed by atoms with E-state index in [9.17, 15) is 26.3 Å². The summed E-state index contributed by atoms with van der Waals surface area (Å²) in [5, 5.41) is 0. The topological polar surface area (TPSA) is 18.5 Å². The molecule has 3 aromatic carbocycles. The van der Waals surface area contributed by atoms with Crippen molar-refractivity contribution in [2.24, 2.45) is 0 Å². The van der Waals surface area contributed by atoms with Crippen LogP contribution in [0.25, 0.3) is 0 Å². The molecule has 3 rings (SSSR count). The van der Waals surface area contributed by atoms with Crippen molar-refractivity contribution in [2.75, 3.05) is 0 Å². The van der Waals surface area contributed by atoms with Gasteiger partial charge in [-0.1, -0.05) is 36.4 Å². The summed E-state index contributed by atoms with van der Waals surface area (Å²) in [6, 6.07) is 19.0. The maximum atomic E-state index is 13.0. The van der Waals surface area contributed by atoms with Crippen LogP contribution < -0.4 is 9.47 Å². The van der Waals surface area contributed by atoms with Gasteiger partial charge in [-0.3, -0.25) is 0 Å². The highest BCUT2D eigenvalue weighted by atomic mass is 32.2. The molecule has 0 amide bonds. The van der Waals surface area contributed by atoms with E-state index in [1.807, 2.05) is 24.3 Å². The van der Waals surface area contributed by atoms with Crippen LogP contribution in [-0.4, -0.2) is 12.7 Å². The first-order chi connectivity index (χ1) is 14.5. The molecule has 0 heterocycles. The van der Waals surface area contributed by atoms with E-state index in [4.69, 9.17) is 0 Å². The molecular weight excluding hydrogens is 442 g/mol. The number of rotatable bonds is 5. The summed E-state index contributed by atoms with van der Waals surface area (Å²) in [5.74, 6) is -2.04. The van der Waals surface area contributed by atoms with Crippen LogP contribution in [0.4, 0.5) is 26.3 Å². The second-order valence-corrected chi connectivity index (χ2v) is 8.47. The van der Waals surface area contributed by atoms with Crippen molar-refractivity contribution < 1.29 is 35.8 Å². The number of hydrogen-bond donors (Lipinski definition) is 0. The number of halogens is 6. The number of alkyl halides is 6. The molecule has 9 heteroatoms. The quantitative estimate of drug-likeness (QED) is 0.297. The summed E-state index contributed by atoms with van der Waals surface area (Å²) in [4.78, 5) is 1.99. The molecule has 0 aliphatic carbocycles. The second kappa shape index (κ2) is 8.74. The molecule has 164 valence electrons. The van der Waals surface area contributed by atoms with Crippen LogP contribution in [0.2, 0.25) is 0 Å². The third-order valence-corrected chi connectivity index (χ3v) is 6.73. The van der Waals surface area contributed by atoms with Crippen molar-refractivity contribution in [3.05, 3.63) is 77.9 Å². The SMILES string of the molecule is Cc1c([S+](c2ccccc2)c2ccccc2)cc(OC(F)(F)F)c(OC(F)(F)F)c1C. The van der Waals surface area contributed by atoms with E-state index in [2.05, 4.69) is 9.47 Å². The minimum absolute atomic E-state index is 0.0848. The van der Waals surface area contributed by atoms with Crippen molar-refractivity contribution in [1.29, 1.82) is 0 Å². The molecule has 0 spiro atoms. The zero-order valence-corrected chi connectivity index (χ0v) is 17.2. The fraction of sp³-hybridized carbons (Fsp3) is 0.182. The molecular formula is C22H17F6O2S+. The molecule has 3 aromatic rings. The lowest BCUT2D eigenvalue weighted by Gasteiger charge is -2.20. The first-order valence-corrected chi connectivity index (χ1v) is 10.2. The number of ether oxygens (including phenoxy) is 2. The first kappa shape index (κ1) is 22.9. The van der Waals surface area contributed by atoms with Crippen LogP contribution in [0.1, 0.15) is 11.1 Å². The van der Waals surface area contributed by atoms with Crippen molar-refractivity contribution in [2.45, 2.75) is 41.3 Å². The molecule has 0 unspecified atom stereocenters. The van der Waals surface area contributed by atoms with E-state index in [-0.39, 0.29) is 5.56 Å². The fourth-order valence-electron chi connectivity index (χ4n) is 2.99. The highest BCUT2D eigenvalue weighted by Crippen LogP contribution is 2.45. The molecule has 0 bridgehead atoms. The zero-order valence-electron chi connectivity index (χ0n) is 16.3. The normalized spacial score (nSPS) is 12.2. The highest BCUT2D eigenvalue weighted by molar-refractivity contribution is 7.97. The Hall–Kier alpha value is -2.81. The van der Waals surface area contributed by atoms with Gasteiger partial charge in [0, 0.05) is 17.2 Å². The summed E-state index contributed by atoms with van der Waals surface area (Å²) >= 11 is 0. The highest BCUT2D eigenvalue weighted by Gasteiger charge is 2.40. The molecule has 2 nitrogen and oxygen atoms in total. The Labute approximate surface area is 177 Å². The van der Waals surface area contributed by atoms with Gasteiger partial charge in [0.1, 0.15) is 0 Å². The van der Waals surface area contributed by atoms with Crippen LogP contribution in [0.5, 0.6) is 11.5 Å². The molecule has 0 atom stereocenters. The second-order valence-electron chi connectivity index (χ2n) is 6.48. The summed E-state index contributed by atoms with van der Waals surface area (Å²) in [7, 11) is -0.891. The van der Waals surface area contributed by atoms with Gasteiger partial charge in [-0.05, 0) is 38.1 Å². The lowest BCUT2D eigenvalue weighted by molar-refractivity contribution is -0.287. The Balaban J connectivity index is 2.27. The molecule has 0 aliphatic heterocycles. The molecule has 0 aliphatic rings. The van der Waals surface area contributed by atoms with Gasteiger partial charge in [-0.15, -0.1) is 26.3 Å². The minimum atomic E-state index is -5.19. The van der Waals surface area contributed by atoms with Crippen molar-refractivity contribution in [3.8, 4) is 11.5 Å². The Morgan fingerprint density at radius 3 is 1.52 bits per heavy atom. The van der Waals surface area contributed by atoms with Crippen LogP contribution >= 0.6 is 0 Å². The average Bonchev–Trinajstić information content (AvgIpc) is 2.69. The Bertz CT molecular complexity index is 994. The zero-order chi connectivity index (χ0) is 22.8. The van der Waals surface area contributed by atoms with E-state index in [0.717, 1.165) is 15.9 Å². The van der Waals surface area contributed by atoms with Gasteiger partial charge < -0.3 is 9.47 Å². The molecule has 0 fully saturated rings. The predicted molar refractivity (Wildman–Crippen MR) is 104 cm³/mol. The van der Waals surface area contributed by atoms with Gasteiger partial charge >= 0.3 is 12.7 Å². The maximum absolute atomic E-state index is 13.0. The van der Waals surface area contributed by atoms with Gasteiger partial charge in [0.2, 0.25) is 0 Å². The van der Waals surface area contributed by atoms with Gasteiger partial charge in [0.15, 0.2) is 26.2 Å². The van der Waals surface area contributed by atoms with E-state index < -0.39 is 35.1 Å². The number of hydrogen-bond acceptors (Lipinski definition) is 2. The van der Waals surface area contributed by atoms with Crippen LogP contribution in [0, 0.1) is 13.8 Å². The van der Waals surface area contributed by atoms with Crippen molar-refractivity contribution in [1.82, 2.24) is 0 Å². The first-order valence-electron chi connectivity index (χ1n) is 8.96. The number of benzene rings is 3. The Morgan fingerprint density at radius 1 is 0.645 bits per heavy atom. The molecule has 0 radical (unpaired) electrons. The Kier molecular flexibility index (Phi) is 6.45. The third kappa shape index (κ3) is 5.66. The molecule has 0 saturated carbocycles. The van der Waals surface area contributed by atoms with E-state index in [1.165, 1.54) is 6.92 Å². The van der Waals surface area contributed by atoms with E-state index >= 15 is 0 Å². The molecule has 0 aromatic heterocycles. The predicted octanol–water partition coefficient (Wildman–Crippen LogP) is 7.20. The van der Waals surface area contributed by atoms with E-state index in [1.54, 1.807) is 43.3 Å². The summed E-state index contributed by atoms with van der Waals surface area (Å²) in [6.45, 7) is 2.83. The van der Waals surface area contributed by atoms with Crippen LogP contribution in [-0.2, 0) is 10.9 Å². The van der Waals surface area contributed by atoms with Gasteiger partial charge in [-0.2, -0.15) is 0 Å². The monoisotopic (exact) mass is 459 g/mol.